The third-order valence-corrected chi connectivity index (χ3v) is 6.76. The molecule has 0 radical (unpaired) electrons. The number of Topliss-reactive ketones (excluding diaryl/α,β-unsaturated/α-hetero) is 2. The second kappa shape index (κ2) is 18.4. The van der Waals surface area contributed by atoms with Crippen LogP contribution in [-0.4, -0.2) is 81.1 Å². The largest absolute Gasteiger partial charge is 0.489 e. The Balaban J connectivity index is 2.13. The first-order valence-corrected chi connectivity index (χ1v) is 14.4. The summed E-state index contributed by atoms with van der Waals surface area (Å²) in [5, 5.41) is 9.06. The smallest absolute Gasteiger partial charge is 0.307 e. The van der Waals surface area contributed by atoms with Crippen molar-refractivity contribution in [2.45, 2.75) is 96.5 Å². The zero-order chi connectivity index (χ0) is 30.1. The number of quaternary nitrogens is 1. The van der Waals surface area contributed by atoms with Crippen molar-refractivity contribution in [3.05, 3.63) is 34.8 Å². The number of esters is 1. The average molecular weight is 565 g/mol. The van der Waals surface area contributed by atoms with Gasteiger partial charge in [-0.15, -0.1) is 0 Å². The molecule has 1 aliphatic carbocycles. The Morgan fingerprint density at radius 3 is 1.90 bits per heavy atom. The van der Waals surface area contributed by atoms with Gasteiger partial charge >= 0.3 is 11.9 Å². The van der Waals surface area contributed by atoms with Crippen molar-refractivity contribution in [3.63, 3.8) is 0 Å². The van der Waals surface area contributed by atoms with Gasteiger partial charge in [-0.3, -0.25) is 19.2 Å². The molecule has 0 aliphatic heterocycles. The predicted molar refractivity (Wildman–Crippen MR) is 153 cm³/mol. The number of rotatable bonds is 21. The molecule has 0 amide bonds. The molecule has 1 rings (SSSR count). The van der Waals surface area contributed by atoms with Crippen LogP contribution in [0.5, 0.6) is 0 Å². The van der Waals surface area contributed by atoms with E-state index in [4.69, 9.17) is 19.3 Å². The van der Waals surface area contributed by atoms with Gasteiger partial charge in [0.15, 0.2) is 6.10 Å². The summed E-state index contributed by atoms with van der Waals surface area (Å²) in [6, 6.07) is 0. The molecular formula is C31H50NO8+. The number of carbonyl (C=O) groups excluding carboxylic acids is 3. The van der Waals surface area contributed by atoms with Gasteiger partial charge in [0.25, 0.3) is 0 Å². The van der Waals surface area contributed by atoms with Crippen molar-refractivity contribution in [1.29, 1.82) is 0 Å². The first-order valence-electron chi connectivity index (χ1n) is 14.4. The maximum atomic E-state index is 12.6. The number of nitrogens with zero attached hydrogens (tertiary/aromatic N) is 1. The second-order valence-electron chi connectivity index (χ2n) is 11.4. The van der Waals surface area contributed by atoms with Crippen LogP contribution in [0.4, 0.5) is 0 Å². The van der Waals surface area contributed by atoms with Crippen molar-refractivity contribution >= 4 is 23.5 Å². The lowest BCUT2D eigenvalue weighted by Gasteiger charge is -2.28. The number of ketones is 2. The van der Waals surface area contributed by atoms with Gasteiger partial charge in [-0.05, 0) is 51.9 Å². The van der Waals surface area contributed by atoms with Gasteiger partial charge in [0.05, 0.1) is 41.8 Å². The third-order valence-electron chi connectivity index (χ3n) is 6.76. The van der Waals surface area contributed by atoms with E-state index in [1.54, 1.807) is 6.92 Å². The number of hydrogen-bond donors (Lipinski definition) is 1. The molecule has 1 aliphatic rings. The number of carboxylic acid groups (broad SMARTS) is 1. The van der Waals surface area contributed by atoms with Crippen LogP contribution in [0.2, 0.25) is 0 Å². The van der Waals surface area contributed by atoms with Crippen LogP contribution in [0.3, 0.4) is 0 Å². The predicted octanol–water partition coefficient (Wildman–Crippen LogP) is 5.29. The number of aliphatic carboxylic acids is 1. The van der Waals surface area contributed by atoms with E-state index in [0.717, 1.165) is 64.2 Å². The van der Waals surface area contributed by atoms with Crippen LogP contribution in [0, 0.1) is 0 Å². The zero-order valence-corrected chi connectivity index (χ0v) is 25.4. The summed E-state index contributed by atoms with van der Waals surface area (Å²) in [4.78, 5) is 48.2. The van der Waals surface area contributed by atoms with Crippen LogP contribution < -0.4 is 0 Å². The van der Waals surface area contributed by atoms with Gasteiger partial charge in [0, 0.05) is 17.6 Å². The lowest BCUT2D eigenvalue weighted by molar-refractivity contribution is -0.873. The van der Waals surface area contributed by atoms with E-state index in [-0.39, 0.29) is 35.5 Å². The molecule has 1 atom stereocenters. The Morgan fingerprint density at radius 1 is 0.825 bits per heavy atom. The quantitative estimate of drug-likeness (QED) is 0.0657. The Morgan fingerprint density at radius 2 is 1.35 bits per heavy atom. The Kier molecular flexibility index (Phi) is 16.2. The molecular weight excluding hydrogens is 514 g/mol. The summed E-state index contributed by atoms with van der Waals surface area (Å²) in [6.45, 7) is 2.14. The Bertz CT molecular complexity index is 955. The number of carboxylic acids is 1. The SMILES string of the molecule is COC1=C(OC)C(=O)C(CCCCCC=CCCCCCCCC(=O)OC(CC(=O)O)C[N+](C)(C)C)=C(C)C1=O. The van der Waals surface area contributed by atoms with Crippen LogP contribution in [0.25, 0.3) is 0 Å². The van der Waals surface area contributed by atoms with Gasteiger partial charge in [-0.25, -0.2) is 0 Å². The number of methoxy groups -OCH3 is 2. The number of hydrogen-bond acceptors (Lipinski definition) is 7. The minimum absolute atomic E-state index is 0.00397. The molecule has 0 bridgehead atoms. The minimum Gasteiger partial charge on any atom is -0.489 e. The molecule has 226 valence electrons. The highest BCUT2D eigenvalue weighted by atomic mass is 16.5. The van der Waals surface area contributed by atoms with Crippen LogP contribution in [0.15, 0.2) is 34.8 Å². The van der Waals surface area contributed by atoms with E-state index in [1.165, 1.54) is 14.2 Å². The maximum Gasteiger partial charge on any atom is 0.307 e. The summed E-state index contributed by atoms with van der Waals surface area (Å²) in [5.74, 6) is -1.83. The van der Waals surface area contributed by atoms with E-state index in [1.807, 2.05) is 21.1 Å². The van der Waals surface area contributed by atoms with E-state index < -0.39 is 12.1 Å². The molecule has 9 heteroatoms. The number of ether oxygens (including phenoxy) is 3. The fraction of sp³-hybridized carbons (Fsp3) is 0.677. The van der Waals surface area contributed by atoms with Crippen LogP contribution in [0.1, 0.15) is 90.4 Å². The van der Waals surface area contributed by atoms with Crippen LogP contribution >= 0.6 is 0 Å². The monoisotopic (exact) mass is 564 g/mol. The van der Waals surface area contributed by atoms with Crippen molar-refractivity contribution in [2.24, 2.45) is 0 Å². The summed E-state index contributed by atoms with van der Waals surface area (Å²) in [6.07, 6.45) is 14.4. The van der Waals surface area contributed by atoms with Gasteiger partial charge in [0.2, 0.25) is 23.1 Å². The molecule has 0 saturated carbocycles. The molecule has 1 unspecified atom stereocenters. The lowest BCUT2D eigenvalue weighted by Crippen LogP contribution is -2.43. The normalized spacial score (nSPS) is 15.2. The molecule has 0 spiro atoms. The van der Waals surface area contributed by atoms with Crippen molar-refractivity contribution in [2.75, 3.05) is 41.9 Å². The summed E-state index contributed by atoms with van der Waals surface area (Å²) in [5.41, 5.74) is 0.972. The van der Waals surface area contributed by atoms with E-state index >= 15 is 0 Å². The van der Waals surface area contributed by atoms with Crippen molar-refractivity contribution in [1.82, 2.24) is 0 Å². The first-order chi connectivity index (χ1) is 18.9. The molecule has 0 fully saturated rings. The molecule has 9 nitrogen and oxygen atoms in total. The van der Waals surface area contributed by atoms with Gasteiger partial charge in [-0.1, -0.05) is 37.8 Å². The molecule has 1 N–H and O–H groups in total. The van der Waals surface area contributed by atoms with Gasteiger partial charge in [0.1, 0.15) is 6.54 Å². The molecule has 0 heterocycles. The Labute approximate surface area is 239 Å². The number of carbonyl (C=O) groups is 4. The van der Waals surface area contributed by atoms with Gasteiger partial charge in [-0.2, -0.15) is 0 Å². The molecule has 0 saturated heterocycles. The van der Waals surface area contributed by atoms with Crippen molar-refractivity contribution < 1.29 is 43.0 Å². The number of likely N-dealkylation sites (N-methyl/N-ethyl adjacent to an activating group) is 1. The lowest BCUT2D eigenvalue weighted by atomic mass is 9.89. The number of allylic oxidation sites excluding steroid dienone is 4. The summed E-state index contributed by atoms with van der Waals surface area (Å²) >= 11 is 0. The summed E-state index contributed by atoms with van der Waals surface area (Å²) in [7, 11) is 8.57. The van der Waals surface area contributed by atoms with Crippen LogP contribution in [-0.2, 0) is 33.4 Å². The topological polar surface area (TPSA) is 116 Å². The van der Waals surface area contributed by atoms with Gasteiger partial charge < -0.3 is 23.8 Å². The fourth-order valence-corrected chi connectivity index (χ4v) is 4.73. The average Bonchev–Trinajstić information content (AvgIpc) is 2.86. The van der Waals surface area contributed by atoms with E-state index in [2.05, 4.69) is 12.2 Å². The van der Waals surface area contributed by atoms with E-state index in [9.17, 15) is 19.2 Å². The summed E-state index contributed by atoms with van der Waals surface area (Å²) < 4.78 is 16.2. The second-order valence-corrected chi connectivity index (χ2v) is 11.4. The Hall–Kier alpha value is -2.94. The molecule has 0 aromatic rings. The number of unbranched alkanes of at least 4 members (excludes halogenated alkanes) is 8. The highest BCUT2D eigenvalue weighted by Gasteiger charge is 2.34. The first kappa shape index (κ1) is 35.1. The molecule has 40 heavy (non-hydrogen) atoms. The van der Waals surface area contributed by atoms with E-state index in [0.29, 0.717) is 35.0 Å². The maximum absolute atomic E-state index is 12.6. The molecule has 0 aromatic carbocycles. The zero-order valence-electron chi connectivity index (χ0n) is 25.4. The highest BCUT2D eigenvalue weighted by molar-refractivity contribution is 6.23. The third kappa shape index (κ3) is 13.4. The van der Waals surface area contributed by atoms with Crippen molar-refractivity contribution in [3.8, 4) is 0 Å². The highest BCUT2D eigenvalue weighted by Crippen LogP contribution is 2.28. The molecule has 0 aromatic heterocycles. The fourth-order valence-electron chi connectivity index (χ4n) is 4.73. The standard InChI is InChI=1S/C31H49NO8/c1-23-25(29(37)31(39-6)30(38-5)28(23)36)19-17-15-13-11-9-7-8-10-12-14-16-18-20-27(35)40-24(21-26(33)34)22-32(2,3)4/h7,9,24H,8,10-22H2,1-6H3/p+1. The minimum atomic E-state index is -0.958.